The Kier molecular flexibility index (Phi) is 3.71. The first-order chi connectivity index (χ1) is 13.5. The van der Waals surface area contributed by atoms with Gasteiger partial charge in [0.25, 0.3) is 0 Å². The van der Waals surface area contributed by atoms with Gasteiger partial charge in [-0.25, -0.2) is 36.7 Å². The quantitative estimate of drug-likeness (QED) is 0.431. The molecule has 0 atom stereocenters. The average molecular weight is 408 g/mol. The van der Waals surface area contributed by atoms with E-state index in [1.165, 1.54) is 0 Å². The largest absolute Gasteiger partial charge is 0.386 e. The minimum Gasteiger partial charge on any atom is -0.386 e. The molecule has 29 heavy (non-hydrogen) atoms. The van der Waals surface area contributed by atoms with E-state index in [4.69, 9.17) is 0 Å². The summed E-state index contributed by atoms with van der Waals surface area (Å²) >= 11 is 0. The molecule has 0 bridgehead atoms. The Morgan fingerprint density at radius 3 is 1.34 bits per heavy atom. The normalized spacial score (nSPS) is 15.4. The lowest BCUT2D eigenvalue weighted by Gasteiger charge is -2.29. The summed E-state index contributed by atoms with van der Waals surface area (Å²) in [5.74, 6) is -11.5. The van der Waals surface area contributed by atoms with Crippen LogP contribution >= 0.6 is 0 Å². The first kappa shape index (κ1) is 18.8. The Balaban J connectivity index is 2.13. The van der Waals surface area contributed by atoms with Gasteiger partial charge in [-0.3, -0.25) is 0 Å². The minimum atomic E-state index is -2.11. The second kappa shape index (κ2) is 5.72. The van der Waals surface area contributed by atoms with E-state index in [-0.39, 0.29) is 0 Å². The van der Waals surface area contributed by atoms with Gasteiger partial charge in [0.1, 0.15) is 0 Å². The number of halogens is 4. The van der Waals surface area contributed by atoms with Crippen molar-refractivity contribution >= 4 is 23.9 Å². The van der Waals surface area contributed by atoms with E-state index < -0.39 is 85.9 Å². The number of rotatable bonds is 2. The zero-order valence-corrected chi connectivity index (χ0v) is 14.6. The van der Waals surface area contributed by atoms with Crippen molar-refractivity contribution in [2.75, 3.05) is 0 Å². The SMILES string of the molecule is CC(C)(c1c(F)c(F)cc2c1C(=O)OC2=O)c1c(F)c(F)cc2c1C(=O)OC2=O. The van der Waals surface area contributed by atoms with Crippen LogP contribution in [0, 0.1) is 23.3 Å². The smallest absolute Gasteiger partial charge is 0.347 e. The fourth-order valence-electron chi connectivity index (χ4n) is 3.68. The highest BCUT2D eigenvalue weighted by atomic mass is 19.2. The molecule has 0 aliphatic carbocycles. The van der Waals surface area contributed by atoms with Crippen molar-refractivity contribution in [2.24, 2.45) is 0 Å². The van der Waals surface area contributed by atoms with Crippen LogP contribution in [-0.2, 0) is 14.9 Å². The zero-order chi connectivity index (χ0) is 21.4. The third-order valence-electron chi connectivity index (χ3n) is 4.91. The number of esters is 4. The number of cyclic esters (lactones) is 4. The summed E-state index contributed by atoms with van der Waals surface area (Å²) in [7, 11) is 0. The summed E-state index contributed by atoms with van der Waals surface area (Å²) in [6, 6.07) is 0.892. The molecule has 4 rings (SSSR count). The Hall–Kier alpha value is -3.56. The Bertz CT molecular complexity index is 1110. The maximum absolute atomic E-state index is 14.8. The molecule has 0 saturated heterocycles. The van der Waals surface area contributed by atoms with E-state index in [1.807, 2.05) is 0 Å². The lowest BCUT2D eigenvalue weighted by Crippen LogP contribution is -2.29. The summed E-state index contributed by atoms with van der Waals surface area (Å²) in [4.78, 5) is 47.7. The first-order valence-electron chi connectivity index (χ1n) is 8.04. The van der Waals surface area contributed by atoms with Crippen LogP contribution in [0.3, 0.4) is 0 Å². The number of carbonyl (C=O) groups is 4. The number of benzene rings is 2. The van der Waals surface area contributed by atoms with Crippen molar-refractivity contribution in [2.45, 2.75) is 19.3 Å². The number of hydrogen-bond donors (Lipinski definition) is 0. The van der Waals surface area contributed by atoms with E-state index in [0.717, 1.165) is 13.8 Å². The van der Waals surface area contributed by atoms with E-state index >= 15 is 0 Å². The molecule has 0 fully saturated rings. The molecule has 0 N–H and O–H groups in total. The highest BCUT2D eigenvalue weighted by Crippen LogP contribution is 2.44. The molecule has 2 aromatic rings. The van der Waals surface area contributed by atoms with Gasteiger partial charge in [0.15, 0.2) is 23.3 Å². The van der Waals surface area contributed by atoms with Crippen molar-refractivity contribution in [1.29, 1.82) is 0 Å². The second-order valence-electron chi connectivity index (χ2n) is 6.92. The third kappa shape index (κ3) is 2.35. The van der Waals surface area contributed by atoms with Gasteiger partial charge in [-0.1, -0.05) is 13.8 Å². The topological polar surface area (TPSA) is 86.7 Å². The van der Waals surface area contributed by atoms with Gasteiger partial charge >= 0.3 is 23.9 Å². The predicted molar refractivity (Wildman–Crippen MR) is 84.3 cm³/mol. The molecule has 0 unspecified atom stereocenters. The van der Waals surface area contributed by atoms with Gasteiger partial charge in [-0.2, -0.15) is 0 Å². The van der Waals surface area contributed by atoms with Crippen LogP contribution in [0.2, 0.25) is 0 Å². The molecular formula is C19H8F4O6. The third-order valence-corrected chi connectivity index (χ3v) is 4.91. The summed E-state index contributed by atoms with van der Waals surface area (Å²) in [5.41, 5.74) is -6.36. The highest BCUT2D eigenvalue weighted by molar-refractivity contribution is 6.17. The minimum absolute atomic E-state index is 0.446. The first-order valence-corrected chi connectivity index (χ1v) is 8.04. The van der Waals surface area contributed by atoms with Crippen molar-refractivity contribution in [3.8, 4) is 0 Å². The molecule has 0 saturated carbocycles. The maximum atomic E-state index is 14.8. The number of hydrogen-bond acceptors (Lipinski definition) is 6. The van der Waals surface area contributed by atoms with Crippen molar-refractivity contribution in [3.63, 3.8) is 0 Å². The molecule has 10 heteroatoms. The second-order valence-corrected chi connectivity index (χ2v) is 6.92. The lowest BCUT2D eigenvalue weighted by atomic mass is 9.72. The number of fused-ring (bicyclic) bond motifs is 2. The lowest BCUT2D eigenvalue weighted by molar-refractivity contribution is 0.0425. The average Bonchev–Trinajstić information content (AvgIpc) is 3.05. The standard InChI is InChI=1S/C19H8F4O6/c1-19(2,11-9-5(3-7(20)13(11)22)15(24)28-17(9)26)12-10-6(4-8(21)14(12)23)16(25)29-18(10)27/h3-4H,1-2H3. The zero-order valence-electron chi connectivity index (χ0n) is 14.6. The van der Waals surface area contributed by atoms with E-state index in [2.05, 4.69) is 9.47 Å². The number of carbonyl (C=O) groups excluding carboxylic acids is 4. The molecule has 2 aromatic carbocycles. The molecule has 148 valence electrons. The molecule has 2 heterocycles. The highest BCUT2D eigenvalue weighted by Gasteiger charge is 2.47. The van der Waals surface area contributed by atoms with Crippen LogP contribution in [0.15, 0.2) is 12.1 Å². The molecule has 0 amide bonds. The van der Waals surface area contributed by atoms with Gasteiger partial charge in [0.2, 0.25) is 0 Å². The van der Waals surface area contributed by atoms with Gasteiger partial charge in [-0.15, -0.1) is 0 Å². The fourth-order valence-corrected chi connectivity index (χ4v) is 3.68. The Morgan fingerprint density at radius 2 is 1.00 bits per heavy atom. The molecule has 2 aliphatic heterocycles. The predicted octanol–water partition coefficient (Wildman–Crippen LogP) is 3.19. The van der Waals surface area contributed by atoms with Crippen LogP contribution in [0.1, 0.15) is 66.4 Å². The van der Waals surface area contributed by atoms with Gasteiger partial charge in [0, 0.05) is 16.5 Å². The van der Waals surface area contributed by atoms with Crippen LogP contribution in [0.4, 0.5) is 17.6 Å². The summed E-state index contributed by atoms with van der Waals surface area (Å²) in [5, 5.41) is 0. The van der Waals surface area contributed by atoms with Gasteiger partial charge < -0.3 is 9.47 Å². The molecule has 0 radical (unpaired) electrons. The van der Waals surface area contributed by atoms with Gasteiger partial charge in [-0.05, 0) is 12.1 Å². The van der Waals surface area contributed by atoms with Crippen molar-refractivity contribution in [1.82, 2.24) is 0 Å². The molecule has 2 aliphatic rings. The fraction of sp³-hybridized carbons (Fsp3) is 0.158. The monoisotopic (exact) mass is 408 g/mol. The van der Waals surface area contributed by atoms with E-state index in [9.17, 15) is 36.7 Å². The van der Waals surface area contributed by atoms with Crippen molar-refractivity contribution in [3.05, 3.63) is 68.8 Å². The maximum Gasteiger partial charge on any atom is 0.347 e. The van der Waals surface area contributed by atoms with Crippen LogP contribution in [0.25, 0.3) is 0 Å². The van der Waals surface area contributed by atoms with Crippen molar-refractivity contribution < 1.29 is 46.2 Å². The summed E-state index contributed by atoms with van der Waals surface area (Å²) < 4.78 is 66.7. The number of ether oxygens (including phenoxy) is 2. The van der Waals surface area contributed by atoms with Crippen LogP contribution in [0.5, 0.6) is 0 Å². The van der Waals surface area contributed by atoms with Gasteiger partial charge in [0.05, 0.1) is 22.3 Å². The summed E-state index contributed by atoms with van der Waals surface area (Å²) in [6.07, 6.45) is 0. The molecule has 6 nitrogen and oxygen atoms in total. The molecule has 0 spiro atoms. The Labute approximate surface area is 159 Å². The summed E-state index contributed by atoms with van der Waals surface area (Å²) in [6.45, 7) is 2.13. The Morgan fingerprint density at radius 1 is 0.655 bits per heavy atom. The van der Waals surface area contributed by atoms with Crippen LogP contribution < -0.4 is 0 Å². The van der Waals surface area contributed by atoms with E-state index in [0.29, 0.717) is 12.1 Å². The van der Waals surface area contributed by atoms with E-state index in [1.54, 1.807) is 0 Å². The van der Waals surface area contributed by atoms with Crippen LogP contribution in [-0.4, -0.2) is 23.9 Å². The molecule has 0 aromatic heterocycles. The molecular weight excluding hydrogens is 400 g/mol.